The molecule has 0 aliphatic carbocycles. The molecule has 1 aromatic heterocycles. The predicted octanol–water partition coefficient (Wildman–Crippen LogP) is 1.11. The zero-order chi connectivity index (χ0) is 13.8. The molecular weight excluding hydrogens is 234 g/mol. The Balaban J connectivity index is 2.49. The molecule has 0 aromatic carbocycles. The lowest BCUT2D eigenvalue weighted by Gasteiger charge is -2.20. The Labute approximate surface area is 105 Å². The first-order valence-electron chi connectivity index (χ1n) is 5.52. The van der Waals surface area contributed by atoms with Crippen LogP contribution in [0.25, 0.3) is 0 Å². The number of carbonyl (C=O) groups is 2. The summed E-state index contributed by atoms with van der Waals surface area (Å²) >= 11 is 0. The van der Waals surface area contributed by atoms with Crippen LogP contribution in [-0.4, -0.2) is 34.1 Å². The Morgan fingerprint density at radius 1 is 1.33 bits per heavy atom. The Kier molecular flexibility index (Phi) is 4.25. The van der Waals surface area contributed by atoms with E-state index in [1.54, 1.807) is 0 Å². The minimum absolute atomic E-state index is 0.0939. The number of aromatic carboxylic acids is 1. The van der Waals surface area contributed by atoms with Crippen molar-refractivity contribution in [2.24, 2.45) is 0 Å². The summed E-state index contributed by atoms with van der Waals surface area (Å²) in [7, 11) is 0. The number of carbonyl (C=O) groups excluding carboxylic acids is 1. The molecule has 1 aromatic rings. The summed E-state index contributed by atoms with van der Waals surface area (Å²) in [6.07, 6.45) is 1.24. The molecule has 0 aliphatic rings. The van der Waals surface area contributed by atoms with Crippen LogP contribution in [0.15, 0.2) is 18.3 Å². The van der Waals surface area contributed by atoms with Crippen molar-refractivity contribution >= 4 is 17.7 Å². The van der Waals surface area contributed by atoms with E-state index in [9.17, 15) is 9.59 Å². The molecule has 0 saturated carbocycles. The molecule has 6 heteroatoms. The lowest BCUT2D eigenvalue weighted by molar-refractivity contribution is -0.120. The zero-order valence-corrected chi connectivity index (χ0v) is 10.7. The van der Waals surface area contributed by atoms with Gasteiger partial charge in [0.05, 0.1) is 12.1 Å². The van der Waals surface area contributed by atoms with Gasteiger partial charge >= 0.3 is 5.97 Å². The van der Waals surface area contributed by atoms with Crippen molar-refractivity contribution in [3.8, 4) is 0 Å². The van der Waals surface area contributed by atoms with E-state index in [0.29, 0.717) is 5.82 Å². The van der Waals surface area contributed by atoms with Gasteiger partial charge in [-0.25, -0.2) is 9.78 Å². The van der Waals surface area contributed by atoms with E-state index in [0.717, 1.165) is 0 Å². The molecule has 0 unspecified atom stereocenters. The van der Waals surface area contributed by atoms with Gasteiger partial charge in [0.2, 0.25) is 5.91 Å². The summed E-state index contributed by atoms with van der Waals surface area (Å²) in [4.78, 5) is 26.0. The molecule has 1 rings (SSSR count). The lowest BCUT2D eigenvalue weighted by atomic mass is 10.1. The first kappa shape index (κ1) is 14.0. The second-order valence-electron chi connectivity index (χ2n) is 4.89. The third-order valence-corrected chi connectivity index (χ3v) is 1.95. The summed E-state index contributed by atoms with van der Waals surface area (Å²) in [6.45, 7) is 5.77. The maximum absolute atomic E-state index is 11.5. The molecule has 0 fully saturated rings. The molecule has 0 saturated heterocycles. The van der Waals surface area contributed by atoms with E-state index in [1.807, 2.05) is 20.8 Å². The highest BCUT2D eigenvalue weighted by Crippen LogP contribution is 2.05. The molecule has 1 heterocycles. The van der Waals surface area contributed by atoms with Gasteiger partial charge in [-0.15, -0.1) is 0 Å². The fourth-order valence-corrected chi connectivity index (χ4v) is 1.26. The summed E-state index contributed by atoms with van der Waals surface area (Å²) in [5, 5.41) is 14.3. The Morgan fingerprint density at radius 2 is 2.00 bits per heavy atom. The summed E-state index contributed by atoms with van der Waals surface area (Å²) < 4.78 is 0. The van der Waals surface area contributed by atoms with Crippen LogP contribution in [0.3, 0.4) is 0 Å². The second kappa shape index (κ2) is 5.48. The van der Waals surface area contributed by atoms with Crippen LogP contribution in [0.5, 0.6) is 0 Å². The van der Waals surface area contributed by atoms with E-state index >= 15 is 0 Å². The van der Waals surface area contributed by atoms with Crippen LogP contribution in [0.2, 0.25) is 0 Å². The van der Waals surface area contributed by atoms with Crippen molar-refractivity contribution < 1.29 is 14.7 Å². The van der Waals surface area contributed by atoms with Gasteiger partial charge in [0.25, 0.3) is 0 Å². The van der Waals surface area contributed by atoms with E-state index in [2.05, 4.69) is 15.6 Å². The van der Waals surface area contributed by atoms with Gasteiger partial charge in [-0.1, -0.05) is 0 Å². The minimum Gasteiger partial charge on any atom is -0.478 e. The fourth-order valence-electron chi connectivity index (χ4n) is 1.26. The topological polar surface area (TPSA) is 91.3 Å². The average Bonchev–Trinajstić information content (AvgIpc) is 2.24. The second-order valence-corrected chi connectivity index (χ2v) is 4.89. The summed E-state index contributed by atoms with van der Waals surface area (Å²) in [6, 6.07) is 2.95. The number of carboxylic acids is 1. The third-order valence-electron chi connectivity index (χ3n) is 1.95. The Morgan fingerprint density at radius 3 is 2.44 bits per heavy atom. The van der Waals surface area contributed by atoms with Gasteiger partial charge in [0.1, 0.15) is 5.82 Å². The number of carboxylic acid groups (broad SMARTS) is 1. The standard InChI is InChI=1S/C12H17N3O3/c1-12(2,3)15-10(16)7-14-9-5-4-8(6-13-9)11(17)18/h4-6H,7H2,1-3H3,(H,13,14)(H,15,16)(H,17,18). The molecule has 0 aliphatic heterocycles. The SMILES string of the molecule is CC(C)(C)NC(=O)CNc1ccc(C(=O)O)cn1. The number of rotatable bonds is 4. The average molecular weight is 251 g/mol. The highest BCUT2D eigenvalue weighted by atomic mass is 16.4. The van der Waals surface area contributed by atoms with Crippen molar-refractivity contribution in [2.75, 3.05) is 11.9 Å². The molecular formula is C12H17N3O3. The molecule has 98 valence electrons. The van der Waals surface area contributed by atoms with E-state index in [4.69, 9.17) is 5.11 Å². The van der Waals surface area contributed by atoms with Crippen LogP contribution in [-0.2, 0) is 4.79 Å². The number of hydrogen-bond donors (Lipinski definition) is 3. The number of aromatic nitrogens is 1. The zero-order valence-electron chi connectivity index (χ0n) is 10.7. The summed E-state index contributed by atoms with van der Waals surface area (Å²) in [5.41, 5.74) is -0.168. The molecule has 3 N–H and O–H groups in total. The van der Waals surface area contributed by atoms with Gasteiger partial charge in [-0.05, 0) is 32.9 Å². The van der Waals surface area contributed by atoms with E-state index < -0.39 is 5.97 Å². The normalized spacial score (nSPS) is 10.8. The van der Waals surface area contributed by atoms with Crippen LogP contribution < -0.4 is 10.6 Å². The van der Waals surface area contributed by atoms with Gasteiger partial charge in [0.15, 0.2) is 0 Å². The summed E-state index contributed by atoms with van der Waals surface area (Å²) in [5.74, 6) is -0.713. The molecule has 1 amide bonds. The Bertz CT molecular complexity index is 435. The number of pyridine rings is 1. The molecule has 0 bridgehead atoms. The van der Waals surface area contributed by atoms with Crippen molar-refractivity contribution in [3.05, 3.63) is 23.9 Å². The molecule has 0 radical (unpaired) electrons. The first-order chi connectivity index (χ1) is 8.28. The van der Waals surface area contributed by atoms with Crippen LogP contribution in [0, 0.1) is 0 Å². The third kappa shape index (κ3) is 4.82. The fraction of sp³-hybridized carbons (Fsp3) is 0.417. The molecule has 0 spiro atoms. The first-order valence-corrected chi connectivity index (χ1v) is 5.52. The number of nitrogens with one attached hydrogen (secondary N) is 2. The van der Waals surface area contributed by atoms with Gasteiger partial charge in [-0.3, -0.25) is 4.79 Å². The van der Waals surface area contributed by atoms with Crippen LogP contribution in [0.4, 0.5) is 5.82 Å². The van der Waals surface area contributed by atoms with Crippen molar-refractivity contribution in [1.29, 1.82) is 0 Å². The van der Waals surface area contributed by atoms with Crippen molar-refractivity contribution in [3.63, 3.8) is 0 Å². The highest BCUT2D eigenvalue weighted by molar-refractivity contribution is 5.87. The van der Waals surface area contributed by atoms with Crippen molar-refractivity contribution in [1.82, 2.24) is 10.3 Å². The van der Waals surface area contributed by atoms with Gasteiger partial charge in [0, 0.05) is 11.7 Å². The maximum Gasteiger partial charge on any atom is 0.337 e. The molecule has 6 nitrogen and oxygen atoms in total. The van der Waals surface area contributed by atoms with E-state index in [1.165, 1.54) is 18.3 Å². The predicted molar refractivity (Wildman–Crippen MR) is 67.6 cm³/mol. The molecule has 18 heavy (non-hydrogen) atoms. The number of hydrogen-bond acceptors (Lipinski definition) is 4. The number of anilines is 1. The van der Waals surface area contributed by atoms with Crippen LogP contribution >= 0.6 is 0 Å². The number of nitrogens with zero attached hydrogens (tertiary/aromatic N) is 1. The number of amides is 1. The molecule has 0 atom stereocenters. The Hall–Kier alpha value is -2.11. The lowest BCUT2D eigenvalue weighted by Crippen LogP contribution is -2.43. The van der Waals surface area contributed by atoms with Crippen LogP contribution in [0.1, 0.15) is 31.1 Å². The van der Waals surface area contributed by atoms with Gasteiger partial charge in [-0.2, -0.15) is 0 Å². The monoisotopic (exact) mass is 251 g/mol. The van der Waals surface area contributed by atoms with Crippen molar-refractivity contribution in [2.45, 2.75) is 26.3 Å². The highest BCUT2D eigenvalue weighted by Gasteiger charge is 2.13. The maximum atomic E-state index is 11.5. The minimum atomic E-state index is -1.03. The largest absolute Gasteiger partial charge is 0.478 e. The smallest absolute Gasteiger partial charge is 0.337 e. The quantitative estimate of drug-likeness (QED) is 0.745. The van der Waals surface area contributed by atoms with E-state index in [-0.39, 0.29) is 23.6 Å². The van der Waals surface area contributed by atoms with Gasteiger partial charge < -0.3 is 15.7 Å².